The molecule has 1 amide bonds. The van der Waals surface area contributed by atoms with Gasteiger partial charge in [0.05, 0.1) is 5.56 Å². The van der Waals surface area contributed by atoms with E-state index in [1.807, 2.05) is 0 Å². The van der Waals surface area contributed by atoms with Crippen LogP contribution in [-0.4, -0.2) is 19.0 Å². The van der Waals surface area contributed by atoms with Crippen molar-refractivity contribution < 1.29 is 18.0 Å². The third kappa shape index (κ3) is 2.97. The quantitative estimate of drug-likeness (QED) is 0.817. The molecule has 0 saturated carbocycles. The Morgan fingerprint density at radius 1 is 1.25 bits per heavy atom. The average Bonchev–Trinajstić information content (AvgIpc) is 2.38. The van der Waals surface area contributed by atoms with Crippen LogP contribution in [0.15, 0.2) is 18.2 Å². The highest BCUT2D eigenvalue weighted by atomic mass is 19.4. The first-order valence-corrected chi connectivity index (χ1v) is 6.30. The molecule has 0 radical (unpaired) electrons. The average molecular weight is 287 g/mol. The minimum Gasteiger partial charge on any atom is -0.399 e. The number of hydrogen-bond donors (Lipinski definition) is 2. The smallest absolute Gasteiger partial charge is 0.399 e. The van der Waals surface area contributed by atoms with Crippen molar-refractivity contribution in [3.63, 3.8) is 0 Å². The van der Waals surface area contributed by atoms with Crippen molar-refractivity contribution in [2.45, 2.75) is 19.0 Å². The van der Waals surface area contributed by atoms with Crippen LogP contribution >= 0.6 is 0 Å². The molecule has 0 atom stereocenters. The van der Waals surface area contributed by atoms with Crippen LogP contribution in [0.2, 0.25) is 0 Å². The third-order valence-corrected chi connectivity index (χ3v) is 3.56. The maximum absolute atomic E-state index is 13.0. The Morgan fingerprint density at radius 2 is 1.85 bits per heavy atom. The lowest BCUT2D eigenvalue weighted by molar-refractivity contribution is -0.137. The Bertz CT molecular complexity index is 508. The molecular formula is C13H16F3N3O. The summed E-state index contributed by atoms with van der Waals surface area (Å²) in [5, 5.41) is 0. The highest BCUT2D eigenvalue weighted by Gasteiger charge is 2.36. The van der Waals surface area contributed by atoms with E-state index in [2.05, 4.69) is 0 Å². The van der Waals surface area contributed by atoms with Gasteiger partial charge in [-0.25, -0.2) is 0 Å². The van der Waals surface area contributed by atoms with E-state index >= 15 is 0 Å². The second kappa shape index (κ2) is 5.22. The lowest BCUT2D eigenvalue weighted by Crippen LogP contribution is -2.39. The molecule has 1 heterocycles. The van der Waals surface area contributed by atoms with Crippen molar-refractivity contribution in [1.82, 2.24) is 0 Å². The molecule has 0 spiro atoms. The monoisotopic (exact) mass is 287 g/mol. The Hall–Kier alpha value is -1.92. The lowest BCUT2D eigenvalue weighted by atomic mass is 9.95. The molecule has 1 saturated heterocycles. The fourth-order valence-corrected chi connectivity index (χ4v) is 2.46. The van der Waals surface area contributed by atoms with Gasteiger partial charge in [-0.15, -0.1) is 0 Å². The summed E-state index contributed by atoms with van der Waals surface area (Å²) >= 11 is 0. The van der Waals surface area contributed by atoms with Gasteiger partial charge in [0, 0.05) is 30.4 Å². The summed E-state index contributed by atoms with van der Waals surface area (Å²) in [5.74, 6) is -0.646. The second-order valence-electron chi connectivity index (χ2n) is 4.94. The summed E-state index contributed by atoms with van der Waals surface area (Å²) in [5.41, 5.74) is 10.1. The Morgan fingerprint density at radius 3 is 2.35 bits per heavy atom. The van der Waals surface area contributed by atoms with E-state index in [0.29, 0.717) is 25.9 Å². The zero-order chi connectivity index (χ0) is 14.9. The van der Waals surface area contributed by atoms with Gasteiger partial charge in [-0.05, 0) is 31.0 Å². The zero-order valence-electron chi connectivity index (χ0n) is 10.8. The van der Waals surface area contributed by atoms with E-state index in [9.17, 15) is 18.0 Å². The number of nitrogen functional groups attached to an aromatic ring is 1. The molecule has 110 valence electrons. The van der Waals surface area contributed by atoms with Gasteiger partial charge in [0.15, 0.2) is 0 Å². The van der Waals surface area contributed by atoms with Crippen LogP contribution in [0, 0.1) is 5.92 Å². The molecule has 1 aliphatic heterocycles. The zero-order valence-corrected chi connectivity index (χ0v) is 10.8. The largest absolute Gasteiger partial charge is 0.418 e. The first kappa shape index (κ1) is 14.5. The number of anilines is 2. The number of benzene rings is 1. The highest BCUT2D eigenvalue weighted by molar-refractivity contribution is 5.77. The highest BCUT2D eigenvalue weighted by Crippen LogP contribution is 2.38. The summed E-state index contributed by atoms with van der Waals surface area (Å²) in [7, 11) is 0. The van der Waals surface area contributed by atoms with Crippen molar-refractivity contribution >= 4 is 17.3 Å². The van der Waals surface area contributed by atoms with Gasteiger partial charge in [-0.2, -0.15) is 13.2 Å². The van der Waals surface area contributed by atoms with Crippen LogP contribution in [0.4, 0.5) is 24.5 Å². The SMILES string of the molecule is NC(=O)C1CCN(c2ccc(N)cc2C(F)(F)F)CC1. The molecule has 1 aliphatic rings. The molecule has 4 N–H and O–H groups in total. The lowest BCUT2D eigenvalue weighted by Gasteiger charge is -2.34. The number of primary amides is 1. The molecule has 0 aromatic heterocycles. The molecule has 2 rings (SSSR count). The Kier molecular flexibility index (Phi) is 3.78. The summed E-state index contributed by atoms with van der Waals surface area (Å²) in [6.07, 6.45) is -3.51. The third-order valence-electron chi connectivity index (χ3n) is 3.56. The van der Waals surface area contributed by atoms with Crippen LogP contribution in [-0.2, 0) is 11.0 Å². The Labute approximate surface area is 114 Å². The number of rotatable bonds is 2. The van der Waals surface area contributed by atoms with Crippen LogP contribution in [0.25, 0.3) is 0 Å². The summed E-state index contributed by atoms with van der Waals surface area (Å²) < 4.78 is 39.1. The second-order valence-corrected chi connectivity index (χ2v) is 4.94. The molecule has 0 aliphatic carbocycles. The maximum Gasteiger partial charge on any atom is 0.418 e. The number of alkyl halides is 3. The molecule has 20 heavy (non-hydrogen) atoms. The first-order valence-electron chi connectivity index (χ1n) is 6.30. The van der Waals surface area contributed by atoms with Crippen LogP contribution < -0.4 is 16.4 Å². The number of hydrogen-bond acceptors (Lipinski definition) is 3. The summed E-state index contributed by atoms with van der Waals surface area (Å²) in [6.45, 7) is 0.751. The van der Waals surface area contributed by atoms with Crippen LogP contribution in [0.5, 0.6) is 0 Å². The van der Waals surface area contributed by atoms with Gasteiger partial charge >= 0.3 is 6.18 Å². The summed E-state index contributed by atoms with van der Waals surface area (Å²) in [4.78, 5) is 12.7. The van der Waals surface area contributed by atoms with Crippen molar-refractivity contribution in [1.29, 1.82) is 0 Å². The van der Waals surface area contributed by atoms with Crippen molar-refractivity contribution in [2.24, 2.45) is 11.7 Å². The fourth-order valence-electron chi connectivity index (χ4n) is 2.46. The Balaban J connectivity index is 2.24. The normalized spacial score (nSPS) is 17.2. The van der Waals surface area contributed by atoms with E-state index in [1.54, 1.807) is 4.90 Å². The fraction of sp³-hybridized carbons (Fsp3) is 0.462. The topological polar surface area (TPSA) is 72.4 Å². The van der Waals surface area contributed by atoms with Gasteiger partial charge in [0.2, 0.25) is 5.91 Å². The van der Waals surface area contributed by atoms with Crippen molar-refractivity contribution in [3.8, 4) is 0 Å². The number of halogens is 3. The number of carbonyl (C=O) groups is 1. The molecule has 7 heteroatoms. The first-order chi connectivity index (χ1) is 9.29. The number of carbonyl (C=O) groups excluding carboxylic acids is 1. The van der Waals surface area contributed by atoms with Gasteiger partial charge in [-0.1, -0.05) is 0 Å². The summed E-state index contributed by atoms with van der Waals surface area (Å²) in [6, 6.07) is 3.77. The van der Waals surface area contributed by atoms with E-state index in [1.165, 1.54) is 12.1 Å². The van der Waals surface area contributed by atoms with E-state index in [0.717, 1.165) is 6.07 Å². The molecule has 4 nitrogen and oxygen atoms in total. The minimum absolute atomic E-state index is 0.0769. The predicted molar refractivity (Wildman–Crippen MR) is 70.0 cm³/mol. The van der Waals surface area contributed by atoms with Gasteiger partial charge in [-0.3, -0.25) is 4.79 Å². The molecule has 1 aromatic carbocycles. The molecule has 0 bridgehead atoms. The molecule has 1 fully saturated rings. The predicted octanol–water partition coefficient (Wildman–Crippen LogP) is 1.99. The minimum atomic E-state index is -4.45. The van der Waals surface area contributed by atoms with Crippen LogP contribution in [0.1, 0.15) is 18.4 Å². The van der Waals surface area contributed by atoms with E-state index in [4.69, 9.17) is 11.5 Å². The maximum atomic E-state index is 13.0. The standard InChI is InChI=1S/C13H16F3N3O/c14-13(15,16)10-7-9(17)1-2-11(10)19-5-3-8(4-6-19)12(18)20/h1-2,7-8H,3-6,17H2,(H2,18,20). The number of nitrogens with zero attached hydrogens (tertiary/aromatic N) is 1. The van der Waals surface area contributed by atoms with E-state index < -0.39 is 17.6 Å². The number of nitrogens with two attached hydrogens (primary N) is 2. The van der Waals surface area contributed by atoms with E-state index in [-0.39, 0.29) is 17.3 Å². The van der Waals surface area contributed by atoms with Crippen LogP contribution in [0.3, 0.4) is 0 Å². The van der Waals surface area contributed by atoms with Crippen molar-refractivity contribution in [2.75, 3.05) is 23.7 Å². The van der Waals surface area contributed by atoms with Gasteiger partial charge in [0.25, 0.3) is 0 Å². The number of piperidine rings is 1. The van der Waals surface area contributed by atoms with Crippen molar-refractivity contribution in [3.05, 3.63) is 23.8 Å². The van der Waals surface area contributed by atoms with Gasteiger partial charge < -0.3 is 16.4 Å². The molecule has 0 unspecified atom stereocenters. The van der Waals surface area contributed by atoms with Gasteiger partial charge in [0.1, 0.15) is 0 Å². The molecule has 1 aromatic rings. The number of amides is 1. The molecular weight excluding hydrogens is 271 g/mol.